The highest BCUT2D eigenvalue weighted by Crippen LogP contribution is 2.27. The summed E-state index contributed by atoms with van der Waals surface area (Å²) < 4.78 is 26.5. The number of anilines is 1. The number of benzene rings is 2. The average Bonchev–Trinajstić information content (AvgIpc) is 3.11. The summed E-state index contributed by atoms with van der Waals surface area (Å²) in [6.07, 6.45) is 0.698. The molecule has 2 amide bonds. The predicted molar refractivity (Wildman–Crippen MR) is 124 cm³/mol. The average molecular weight is 473 g/mol. The number of hydrogen-bond donors (Lipinski definition) is 1. The Kier molecular flexibility index (Phi) is 7.15. The fraction of sp³-hybridized carbons (Fsp3) is 0.333. The Labute approximate surface area is 197 Å². The van der Waals surface area contributed by atoms with Crippen LogP contribution in [0.4, 0.5) is 14.9 Å². The van der Waals surface area contributed by atoms with Gasteiger partial charge in [0.05, 0.1) is 37.7 Å². The Bertz CT molecular complexity index is 1150. The van der Waals surface area contributed by atoms with E-state index in [0.29, 0.717) is 48.1 Å². The van der Waals surface area contributed by atoms with Crippen molar-refractivity contribution in [1.82, 2.24) is 14.7 Å². The molecule has 0 saturated heterocycles. The van der Waals surface area contributed by atoms with E-state index in [1.807, 2.05) is 42.9 Å². The minimum Gasteiger partial charge on any atom is -0.492 e. The van der Waals surface area contributed by atoms with Gasteiger partial charge in [0.1, 0.15) is 11.6 Å². The van der Waals surface area contributed by atoms with Gasteiger partial charge in [0.15, 0.2) is 0 Å². The third-order valence-electron chi connectivity index (χ3n) is 5.55. The van der Waals surface area contributed by atoms with Crippen LogP contribution in [0.25, 0.3) is 0 Å². The lowest BCUT2D eigenvalue weighted by molar-refractivity contribution is 0.103. The number of carbonyl (C=O) groups is 1. The summed E-state index contributed by atoms with van der Waals surface area (Å²) in [5.41, 5.74) is 4.20. The van der Waals surface area contributed by atoms with Gasteiger partial charge in [-0.3, -0.25) is 4.68 Å². The number of para-hydroxylation sites is 2. The van der Waals surface area contributed by atoms with Crippen LogP contribution in [0.5, 0.6) is 5.75 Å². The molecule has 0 radical (unpaired) electrons. The molecule has 0 bridgehead atoms. The van der Waals surface area contributed by atoms with Gasteiger partial charge in [-0.15, -0.1) is 0 Å². The Morgan fingerprint density at radius 2 is 2.06 bits per heavy atom. The third-order valence-corrected chi connectivity index (χ3v) is 5.90. The molecule has 3 aromatic rings. The van der Waals surface area contributed by atoms with Crippen LogP contribution in [0.2, 0.25) is 5.02 Å². The monoisotopic (exact) mass is 472 g/mol. The molecule has 1 aliphatic rings. The molecular formula is C24H26ClFN4O3. The number of amides is 2. The molecular weight excluding hydrogens is 447 g/mol. The first-order chi connectivity index (χ1) is 16.0. The van der Waals surface area contributed by atoms with Crippen molar-refractivity contribution >= 4 is 23.3 Å². The Hall–Kier alpha value is -3.10. The van der Waals surface area contributed by atoms with Crippen molar-refractivity contribution in [2.24, 2.45) is 7.05 Å². The molecule has 174 valence electrons. The fourth-order valence-electron chi connectivity index (χ4n) is 3.90. The molecule has 33 heavy (non-hydrogen) atoms. The summed E-state index contributed by atoms with van der Waals surface area (Å²) in [7, 11) is 1.90. The lowest BCUT2D eigenvalue weighted by Gasteiger charge is -2.28. The largest absolute Gasteiger partial charge is 0.492 e. The van der Waals surface area contributed by atoms with Crippen molar-refractivity contribution in [3.05, 3.63) is 75.8 Å². The Balaban J connectivity index is 1.42. The first-order valence-electron chi connectivity index (χ1n) is 10.8. The topological polar surface area (TPSA) is 68.6 Å². The van der Waals surface area contributed by atoms with Crippen LogP contribution < -0.4 is 10.1 Å². The standard InChI is InChI=1S/C24H26ClFN4O3/c1-3-33-23-7-5-4-6-20(23)27-24(31)30-11-10-22-18(13-30)21(28-29(22)2)15-32-14-16-8-9-17(26)12-19(16)25/h4-9,12H,3,10-11,13-15H2,1-2H3,(H,27,31). The Morgan fingerprint density at radius 3 is 2.85 bits per heavy atom. The van der Waals surface area contributed by atoms with Gasteiger partial charge in [-0.2, -0.15) is 5.10 Å². The number of nitrogens with one attached hydrogen (secondary N) is 1. The van der Waals surface area contributed by atoms with Crippen molar-refractivity contribution in [1.29, 1.82) is 0 Å². The highest BCUT2D eigenvalue weighted by molar-refractivity contribution is 6.31. The maximum absolute atomic E-state index is 13.2. The first-order valence-corrected chi connectivity index (χ1v) is 11.2. The highest BCUT2D eigenvalue weighted by atomic mass is 35.5. The summed E-state index contributed by atoms with van der Waals surface area (Å²) >= 11 is 6.08. The number of nitrogens with zero attached hydrogens (tertiary/aromatic N) is 3. The molecule has 0 spiro atoms. The quantitative estimate of drug-likeness (QED) is 0.530. The zero-order valence-corrected chi connectivity index (χ0v) is 19.4. The number of aromatic nitrogens is 2. The summed E-state index contributed by atoms with van der Waals surface area (Å²) in [5.74, 6) is 0.255. The lowest BCUT2D eigenvalue weighted by Crippen LogP contribution is -2.39. The van der Waals surface area contributed by atoms with Crippen LogP contribution in [0.15, 0.2) is 42.5 Å². The summed E-state index contributed by atoms with van der Waals surface area (Å²) in [6.45, 7) is 3.94. The first kappa shape index (κ1) is 23.1. The second-order valence-corrected chi connectivity index (χ2v) is 8.16. The van der Waals surface area contributed by atoms with E-state index in [9.17, 15) is 9.18 Å². The van der Waals surface area contributed by atoms with E-state index < -0.39 is 0 Å². The maximum Gasteiger partial charge on any atom is 0.322 e. The zero-order valence-electron chi connectivity index (χ0n) is 18.6. The Morgan fingerprint density at radius 1 is 1.24 bits per heavy atom. The second-order valence-electron chi connectivity index (χ2n) is 7.75. The fourth-order valence-corrected chi connectivity index (χ4v) is 4.12. The van der Waals surface area contributed by atoms with Crippen LogP contribution in [0.3, 0.4) is 0 Å². The van der Waals surface area contributed by atoms with E-state index in [1.165, 1.54) is 12.1 Å². The summed E-state index contributed by atoms with van der Waals surface area (Å²) in [5, 5.41) is 7.88. The highest BCUT2D eigenvalue weighted by Gasteiger charge is 2.27. The predicted octanol–water partition coefficient (Wildman–Crippen LogP) is 4.92. The van der Waals surface area contributed by atoms with Crippen molar-refractivity contribution in [3.63, 3.8) is 0 Å². The number of ether oxygens (including phenoxy) is 2. The third kappa shape index (κ3) is 5.29. The molecule has 0 unspecified atom stereocenters. The minimum atomic E-state index is -0.384. The van der Waals surface area contributed by atoms with Gasteiger partial charge >= 0.3 is 6.03 Å². The second kappa shape index (κ2) is 10.2. The van der Waals surface area contributed by atoms with E-state index in [4.69, 9.17) is 21.1 Å². The number of hydrogen-bond acceptors (Lipinski definition) is 4. The van der Waals surface area contributed by atoms with Gasteiger partial charge in [0, 0.05) is 36.3 Å². The minimum absolute atomic E-state index is 0.193. The summed E-state index contributed by atoms with van der Waals surface area (Å²) in [6, 6.07) is 11.4. The molecule has 7 nitrogen and oxygen atoms in total. The summed E-state index contributed by atoms with van der Waals surface area (Å²) in [4.78, 5) is 14.7. The van der Waals surface area contributed by atoms with Crippen molar-refractivity contribution in [2.45, 2.75) is 33.1 Å². The maximum atomic E-state index is 13.2. The molecule has 9 heteroatoms. The smallest absolute Gasteiger partial charge is 0.322 e. The van der Waals surface area contributed by atoms with Gasteiger partial charge < -0.3 is 19.7 Å². The van der Waals surface area contributed by atoms with Crippen LogP contribution in [0.1, 0.15) is 29.4 Å². The van der Waals surface area contributed by atoms with Gasteiger partial charge in [0.25, 0.3) is 0 Å². The van der Waals surface area contributed by atoms with Gasteiger partial charge in [0.2, 0.25) is 0 Å². The molecule has 2 heterocycles. The van der Waals surface area contributed by atoms with Crippen molar-refractivity contribution in [2.75, 3.05) is 18.5 Å². The van der Waals surface area contributed by atoms with Crippen LogP contribution in [0, 0.1) is 5.82 Å². The molecule has 1 aliphatic heterocycles. The lowest BCUT2D eigenvalue weighted by atomic mass is 10.1. The van der Waals surface area contributed by atoms with Gasteiger partial charge in [-0.25, -0.2) is 9.18 Å². The van der Waals surface area contributed by atoms with Crippen LogP contribution >= 0.6 is 11.6 Å². The normalized spacial score (nSPS) is 13.0. The van der Waals surface area contributed by atoms with E-state index in [-0.39, 0.29) is 25.1 Å². The van der Waals surface area contributed by atoms with E-state index >= 15 is 0 Å². The zero-order chi connectivity index (χ0) is 23.4. The molecule has 0 saturated carbocycles. The number of rotatable bonds is 7. The van der Waals surface area contributed by atoms with Crippen LogP contribution in [-0.2, 0) is 38.0 Å². The number of carbonyl (C=O) groups excluding carboxylic acids is 1. The SMILES string of the molecule is CCOc1ccccc1NC(=O)N1CCc2c(c(COCc3ccc(F)cc3Cl)nn2C)C1. The number of urea groups is 1. The number of halogens is 2. The molecule has 0 fully saturated rings. The molecule has 0 aliphatic carbocycles. The molecule has 0 atom stereocenters. The number of aryl methyl sites for hydroxylation is 1. The van der Waals surface area contributed by atoms with E-state index in [0.717, 1.165) is 17.0 Å². The molecule has 1 aromatic heterocycles. The molecule has 4 rings (SSSR count). The van der Waals surface area contributed by atoms with Crippen molar-refractivity contribution in [3.8, 4) is 5.75 Å². The number of fused-ring (bicyclic) bond motifs is 1. The van der Waals surface area contributed by atoms with E-state index in [1.54, 1.807) is 11.0 Å². The van der Waals surface area contributed by atoms with Crippen molar-refractivity contribution < 1.29 is 18.7 Å². The molecule has 2 aromatic carbocycles. The van der Waals surface area contributed by atoms with Gasteiger partial charge in [-0.1, -0.05) is 29.8 Å². The van der Waals surface area contributed by atoms with E-state index in [2.05, 4.69) is 10.4 Å². The van der Waals surface area contributed by atoms with Crippen LogP contribution in [-0.4, -0.2) is 33.9 Å². The van der Waals surface area contributed by atoms with Gasteiger partial charge in [-0.05, 0) is 36.8 Å². The molecule has 1 N–H and O–H groups in total.